The maximum atomic E-state index is 6.21. The van der Waals surface area contributed by atoms with E-state index in [0.717, 1.165) is 33.6 Å². The molecule has 0 amide bonds. The van der Waals surface area contributed by atoms with Crippen molar-refractivity contribution in [2.75, 3.05) is 7.11 Å². The Bertz CT molecular complexity index is 959. The van der Waals surface area contributed by atoms with Crippen LogP contribution in [0.15, 0.2) is 60.3 Å². The highest BCUT2D eigenvalue weighted by atomic mass is 35.5. The molecule has 7 heteroatoms. The number of halogens is 1. The molecule has 5 nitrogen and oxygen atoms in total. The van der Waals surface area contributed by atoms with E-state index >= 15 is 0 Å². The number of thioether (sulfide) groups is 1. The predicted molar refractivity (Wildman–Crippen MR) is 113 cm³/mol. The first-order chi connectivity index (χ1) is 13.6. The molecule has 0 fully saturated rings. The Kier molecular flexibility index (Phi) is 7.01. The van der Waals surface area contributed by atoms with Crippen LogP contribution in [0.4, 0.5) is 0 Å². The summed E-state index contributed by atoms with van der Waals surface area (Å²) in [5.41, 5.74) is 2.24. The van der Waals surface area contributed by atoms with E-state index in [1.54, 1.807) is 18.9 Å². The number of methoxy groups -OCH3 is 1. The third-order valence-electron chi connectivity index (χ3n) is 4.05. The molecule has 0 unspecified atom stereocenters. The van der Waals surface area contributed by atoms with Gasteiger partial charge in [0.1, 0.15) is 18.1 Å². The van der Waals surface area contributed by atoms with Gasteiger partial charge in [0.25, 0.3) is 0 Å². The number of aromatic nitrogens is 3. The number of hydrogen-bond donors (Lipinski definition) is 0. The van der Waals surface area contributed by atoms with Crippen molar-refractivity contribution in [1.82, 2.24) is 14.8 Å². The van der Waals surface area contributed by atoms with Crippen molar-refractivity contribution in [2.24, 2.45) is 0 Å². The highest BCUT2D eigenvalue weighted by Crippen LogP contribution is 2.27. The molecule has 1 heterocycles. The Morgan fingerprint density at radius 2 is 2.07 bits per heavy atom. The van der Waals surface area contributed by atoms with Gasteiger partial charge in [-0.05, 0) is 42.3 Å². The Morgan fingerprint density at radius 3 is 2.86 bits per heavy atom. The molecular formula is C21H22ClN3O2S. The molecule has 0 radical (unpaired) electrons. The van der Waals surface area contributed by atoms with E-state index in [9.17, 15) is 0 Å². The highest BCUT2D eigenvalue weighted by molar-refractivity contribution is 7.98. The molecule has 0 atom stereocenters. The molecule has 0 bridgehead atoms. The van der Waals surface area contributed by atoms with Gasteiger partial charge in [-0.2, -0.15) is 0 Å². The molecular weight excluding hydrogens is 394 g/mol. The second kappa shape index (κ2) is 9.66. The number of ether oxygens (including phenoxy) is 2. The van der Waals surface area contributed by atoms with Gasteiger partial charge >= 0.3 is 0 Å². The number of nitrogens with zero attached hydrogens (tertiary/aromatic N) is 3. The summed E-state index contributed by atoms with van der Waals surface area (Å²) in [5, 5.41) is 10.0. The van der Waals surface area contributed by atoms with E-state index in [1.807, 2.05) is 54.0 Å². The SMILES string of the molecule is C=CCn1c(COc2cc(C)ccc2Cl)nnc1SCc1cccc(OC)c1. The topological polar surface area (TPSA) is 49.2 Å². The molecule has 0 saturated carbocycles. The van der Waals surface area contributed by atoms with Gasteiger partial charge in [0.15, 0.2) is 11.0 Å². The van der Waals surface area contributed by atoms with Gasteiger partial charge in [-0.1, -0.05) is 47.6 Å². The Labute approximate surface area is 174 Å². The summed E-state index contributed by atoms with van der Waals surface area (Å²) in [7, 11) is 1.67. The molecule has 28 heavy (non-hydrogen) atoms. The fraction of sp³-hybridized carbons (Fsp3) is 0.238. The van der Waals surface area contributed by atoms with Crippen LogP contribution in [0.1, 0.15) is 17.0 Å². The molecule has 3 rings (SSSR count). The lowest BCUT2D eigenvalue weighted by Gasteiger charge is -2.11. The second-order valence-electron chi connectivity index (χ2n) is 6.16. The smallest absolute Gasteiger partial charge is 0.191 e. The van der Waals surface area contributed by atoms with Crippen LogP contribution in [0.5, 0.6) is 11.5 Å². The lowest BCUT2D eigenvalue weighted by atomic mass is 10.2. The minimum Gasteiger partial charge on any atom is -0.497 e. The van der Waals surface area contributed by atoms with Crippen molar-refractivity contribution >= 4 is 23.4 Å². The third kappa shape index (κ3) is 5.09. The van der Waals surface area contributed by atoms with Gasteiger partial charge in [0, 0.05) is 12.3 Å². The Hall–Kier alpha value is -2.44. The van der Waals surface area contributed by atoms with Crippen LogP contribution in [0, 0.1) is 6.92 Å². The summed E-state index contributed by atoms with van der Waals surface area (Å²) < 4.78 is 13.2. The summed E-state index contributed by atoms with van der Waals surface area (Å²) in [5.74, 6) is 2.97. The van der Waals surface area contributed by atoms with Crippen LogP contribution in [0.25, 0.3) is 0 Å². The number of hydrogen-bond acceptors (Lipinski definition) is 5. The van der Waals surface area contributed by atoms with Crippen LogP contribution in [0.2, 0.25) is 5.02 Å². The van der Waals surface area contributed by atoms with Crippen LogP contribution in [-0.2, 0) is 18.9 Å². The second-order valence-corrected chi connectivity index (χ2v) is 7.51. The van der Waals surface area contributed by atoms with Gasteiger partial charge in [-0.15, -0.1) is 16.8 Å². The minimum absolute atomic E-state index is 0.281. The molecule has 0 aliphatic carbocycles. The van der Waals surface area contributed by atoms with E-state index in [4.69, 9.17) is 21.1 Å². The van der Waals surface area contributed by atoms with Gasteiger partial charge in [0.2, 0.25) is 0 Å². The highest BCUT2D eigenvalue weighted by Gasteiger charge is 2.13. The Balaban J connectivity index is 1.71. The van der Waals surface area contributed by atoms with Crippen molar-refractivity contribution in [3.05, 3.63) is 77.1 Å². The zero-order chi connectivity index (χ0) is 19.9. The molecule has 0 spiro atoms. The zero-order valence-corrected chi connectivity index (χ0v) is 17.5. The largest absolute Gasteiger partial charge is 0.497 e. The van der Waals surface area contributed by atoms with E-state index in [-0.39, 0.29) is 6.61 Å². The first-order valence-electron chi connectivity index (χ1n) is 8.78. The Morgan fingerprint density at radius 1 is 1.21 bits per heavy atom. The molecule has 146 valence electrons. The molecule has 2 aromatic carbocycles. The standard InChI is InChI=1S/C21H22ClN3O2S/c1-4-10-25-20(13-27-19-11-15(2)8-9-18(19)22)23-24-21(25)28-14-16-6-5-7-17(12-16)26-3/h4-9,11-12H,1,10,13-14H2,2-3H3. The average Bonchev–Trinajstić information content (AvgIpc) is 3.09. The van der Waals surface area contributed by atoms with Gasteiger partial charge in [-0.25, -0.2) is 0 Å². The van der Waals surface area contributed by atoms with E-state index in [2.05, 4.69) is 22.8 Å². The normalized spacial score (nSPS) is 10.7. The van der Waals surface area contributed by atoms with Crippen molar-refractivity contribution < 1.29 is 9.47 Å². The quantitative estimate of drug-likeness (QED) is 0.350. The summed E-state index contributed by atoms with van der Waals surface area (Å²) in [6.45, 7) is 6.72. The van der Waals surface area contributed by atoms with Crippen LogP contribution in [-0.4, -0.2) is 21.9 Å². The van der Waals surface area contributed by atoms with E-state index in [1.165, 1.54) is 0 Å². The summed E-state index contributed by atoms with van der Waals surface area (Å²) in [6.07, 6.45) is 1.82. The maximum absolute atomic E-state index is 6.21. The monoisotopic (exact) mass is 415 g/mol. The van der Waals surface area contributed by atoms with Crippen molar-refractivity contribution in [2.45, 2.75) is 31.0 Å². The van der Waals surface area contributed by atoms with Gasteiger partial charge < -0.3 is 9.47 Å². The fourth-order valence-corrected chi connectivity index (χ4v) is 3.70. The van der Waals surface area contributed by atoms with Crippen LogP contribution < -0.4 is 9.47 Å². The molecule has 0 saturated heterocycles. The minimum atomic E-state index is 0.281. The lowest BCUT2D eigenvalue weighted by Crippen LogP contribution is -2.07. The molecule has 1 aromatic heterocycles. The molecule has 0 aliphatic heterocycles. The average molecular weight is 416 g/mol. The maximum Gasteiger partial charge on any atom is 0.191 e. The third-order valence-corrected chi connectivity index (χ3v) is 5.40. The summed E-state index contributed by atoms with van der Waals surface area (Å²) in [6, 6.07) is 13.7. The van der Waals surface area contributed by atoms with Gasteiger partial charge in [-0.3, -0.25) is 4.57 Å². The lowest BCUT2D eigenvalue weighted by molar-refractivity contribution is 0.289. The molecule has 3 aromatic rings. The summed E-state index contributed by atoms with van der Waals surface area (Å²) in [4.78, 5) is 0. The first-order valence-corrected chi connectivity index (χ1v) is 10.1. The summed E-state index contributed by atoms with van der Waals surface area (Å²) >= 11 is 7.82. The van der Waals surface area contributed by atoms with E-state index in [0.29, 0.717) is 17.3 Å². The number of aryl methyl sites for hydroxylation is 1. The van der Waals surface area contributed by atoms with Crippen molar-refractivity contribution in [3.8, 4) is 11.5 Å². The molecule has 0 N–H and O–H groups in total. The zero-order valence-electron chi connectivity index (χ0n) is 15.9. The number of benzene rings is 2. The van der Waals surface area contributed by atoms with Crippen molar-refractivity contribution in [1.29, 1.82) is 0 Å². The molecule has 0 aliphatic rings. The fourth-order valence-electron chi connectivity index (χ4n) is 2.62. The predicted octanol–water partition coefficient (Wildman–Crippen LogP) is 5.31. The van der Waals surface area contributed by atoms with Crippen LogP contribution >= 0.6 is 23.4 Å². The number of rotatable bonds is 9. The first kappa shape index (κ1) is 20.3. The number of allylic oxidation sites excluding steroid dienone is 1. The van der Waals surface area contributed by atoms with E-state index < -0.39 is 0 Å². The van der Waals surface area contributed by atoms with Crippen molar-refractivity contribution in [3.63, 3.8) is 0 Å². The van der Waals surface area contributed by atoms with Crippen LogP contribution in [0.3, 0.4) is 0 Å². The van der Waals surface area contributed by atoms with Gasteiger partial charge in [0.05, 0.1) is 12.1 Å².